The normalized spacial score (nSPS) is 11.6. The van der Waals surface area contributed by atoms with Crippen molar-refractivity contribution in [2.75, 3.05) is 19.3 Å². The molecule has 2 aromatic rings. The molecule has 0 unspecified atom stereocenters. The Bertz CT molecular complexity index is 707. The molecule has 0 heterocycles. The summed E-state index contributed by atoms with van der Waals surface area (Å²) >= 11 is 1.74. The van der Waals surface area contributed by atoms with Crippen LogP contribution in [0.4, 0.5) is 0 Å². The van der Waals surface area contributed by atoms with Gasteiger partial charge in [-0.05, 0) is 24.5 Å². The Kier molecular flexibility index (Phi) is 8.92. The van der Waals surface area contributed by atoms with E-state index in [-0.39, 0.29) is 11.8 Å². The lowest BCUT2D eigenvalue weighted by molar-refractivity contribution is -0.139. The summed E-state index contributed by atoms with van der Waals surface area (Å²) in [5.74, 6) is 1.54. The van der Waals surface area contributed by atoms with Crippen molar-refractivity contribution in [2.24, 2.45) is 0 Å². The number of amides is 2. The lowest BCUT2D eigenvalue weighted by Crippen LogP contribution is -2.48. The molecular weight excluding hydrogens is 356 g/mol. The Morgan fingerprint density at radius 2 is 1.59 bits per heavy atom. The molecule has 0 aliphatic heterocycles. The maximum Gasteiger partial charge on any atom is 0.242 e. The number of nitrogens with zero attached hydrogens (tertiary/aromatic N) is 1. The average Bonchev–Trinajstić information content (AvgIpc) is 2.72. The van der Waals surface area contributed by atoms with Gasteiger partial charge in [-0.3, -0.25) is 9.59 Å². The van der Waals surface area contributed by atoms with Crippen molar-refractivity contribution < 1.29 is 9.59 Å². The molecule has 27 heavy (non-hydrogen) atoms. The molecule has 1 atom stereocenters. The Labute approximate surface area is 166 Å². The molecule has 0 spiro atoms. The number of thioether (sulfide) groups is 1. The van der Waals surface area contributed by atoms with Gasteiger partial charge in [-0.1, -0.05) is 60.7 Å². The van der Waals surface area contributed by atoms with Gasteiger partial charge in [0.05, 0.1) is 0 Å². The molecule has 0 saturated heterocycles. The standard InChI is InChI=1S/C22H28N2O2S/c1-18(22(26)23-2)24(15-13-19-9-5-3-6-10-19)21(25)14-16-27-17-20-11-7-4-8-12-20/h3-12,18H,13-17H2,1-2H3,(H,23,26)/t18-/m1/s1. The molecule has 2 amide bonds. The summed E-state index contributed by atoms with van der Waals surface area (Å²) in [7, 11) is 1.61. The third-order valence-corrected chi connectivity index (χ3v) is 5.50. The summed E-state index contributed by atoms with van der Waals surface area (Å²) in [6.07, 6.45) is 1.18. The lowest BCUT2D eigenvalue weighted by atomic mass is 10.1. The Balaban J connectivity index is 1.88. The van der Waals surface area contributed by atoms with E-state index in [1.54, 1.807) is 30.6 Å². The molecule has 2 rings (SSSR count). The summed E-state index contributed by atoms with van der Waals surface area (Å²) in [6, 6.07) is 19.8. The molecule has 0 bridgehead atoms. The summed E-state index contributed by atoms with van der Waals surface area (Å²) < 4.78 is 0. The number of benzene rings is 2. The van der Waals surface area contributed by atoms with Crippen LogP contribution in [-0.4, -0.2) is 42.1 Å². The molecule has 0 fully saturated rings. The van der Waals surface area contributed by atoms with E-state index in [1.165, 1.54) is 5.56 Å². The molecule has 0 aliphatic carbocycles. The van der Waals surface area contributed by atoms with Crippen molar-refractivity contribution >= 4 is 23.6 Å². The molecule has 144 valence electrons. The monoisotopic (exact) mass is 384 g/mol. The zero-order valence-electron chi connectivity index (χ0n) is 16.1. The van der Waals surface area contributed by atoms with E-state index in [4.69, 9.17) is 0 Å². The van der Waals surface area contributed by atoms with E-state index < -0.39 is 6.04 Å². The highest BCUT2D eigenvalue weighted by atomic mass is 32.2. The average molecular weight is 385 g/mol. The lowest BCUT2D eigenvalue weighted by Gasteiger charge is -2.28. The quantitative estimate of drug-likeness (QED) is 0.638. The van der Waals surface area contributed by atoms with Gasteiger partial charge in [0.15, 0.2) is 0 Å². The van der Waals surface area contributed by atoms with E-state index in [0.29, 0.717) is 13.0 Å². The van der Waals surface area contributed by atoms with Crippen LogP contribution in [0.15, 0.2) is 60.7 Å². The highest BCUT2D eigenvalue weighted by molar-refractivity contribution is 7.98. The van der Waals surface area contributed by atoms with Gasteiger partial charge in [0.25, 0.3) is 0 Å². The molecule has 5 heteroatoms. The van der Waals surface area contributed by atoms with Gasteiger partial charge in [-0.2, -0.15) is 11.8 Å². The minimum absolute atomic E-state index is 0.0302. The maximum absolute atomic E-state index is 12.8. The Hall–Kier alpha value is -2.27. The van der Waals surface area contributed by atoms with Crippen molar-refractivity contribution in [3.63, 3.8) is 0 Å². The molecular formula is C22H28N2O2S. The van der Waals surface area contributed by atoms with Crippen LogP contribution in [-0.2, 0) is 21.8 Å². The summed E-state index contributed by atoms with van der Waals surface area (Å²) in [5, 5.41) is 2.65. The first-order chi connectivity index (χ1) is 13.1. The van der Waals surface area contributed by atoms with E-state index in [1.807, 2.05) is 48.5 Å². The Morgan fingerprint density at radius 1 is 1.00 bits per heavy atom. The van der Waals surface area contributed by atoms with Gasteiger partial charge in [0, 0.05) is 31.5 Å². The fraction of sp³-hybridized carbons (Fsp3) is 0.364. The van der Waals surface area contributed by atoms with Crippen LogP contribution < -0.4 is 5.32 Å². The fourth-order valence-corrected chi connectivity index (χ4v) is 3.74. The fourth-order valence-electron chi connectivity index (χ4n) is 2.85. The molecule has 4 nitrogen and oxygen atoms in total. The van der Waals surface area contributed by atoms with Gasteiger partial charge >= 0.3 is 0 Å². The van der Waals surface area contributed by atoms with Crippen LogP contribution in [0, 0.1) is 0 Å². The van der Waals surface area contributed by atoms with Crippen molar-refractivity contribution in [3.05, 3.63) is 71.8 Å². The largest absolute Gasteiger partial charge is 0.357 e. The SMILES string of the molecule is CNC(=O)[C@@H](C)N(CCc1ccccc1)C(=O)CCSCc1ccccc1. The summed E-state index contributed by atoms with van der Waals surface area (Å²) in [5.41, 5.74) is 2.42. The van der Waals surface area contributed by atoms with Gasteiger partial charge in [0.1, 0.15) is 6.04 Å². The molecule has 0 aliphatic rings. The third-order valence-electron chi connectivity index (χ3n) is 4.47. The third kappa shape index (κ3) is 7.10. The van der Waals surface area contributed by atoms with E-state index >= 15 is 0 Å². The molecule has 0 aromatic heterocycles. The number of carbonyl (C=O) groups is 2. The van der Waals surface area contributed by atoms with Crippen molar-refractivity contribution in [1.82, 2.24) is 10.2 Å². The van der Waals surface area contributed by atoms with E-state index in [9.17, 15) is 9.59 Å². The molecule has 0 radical (unpaired) electrons. The highest BCUT2D eigenvalue weighted by Gasteiger charge is 2.24. The predicted octanol–water partition coefficient (Wildman–Crippen LogP) is 3.52. The van der Waals surface area contributed by atoms with Gasteiger partial charge < -0.3 is 10.2 Å². The minimum Gasteiger partial charge on any atom is -0.357 e. The number of rotatable bonds is 10. The number of hydrogen-bond acceptors (Lipinski definition) is 3. The van der Waals surface area contributed by atoms with Crippen molar-refractivity contribution in [3.8, 4) is 0 Å². The van der Waals surface area contributed by atoms with Gasteiger partial charge in [0.2, 0.25) is 11.8 Å². The van der Waals surface area contributed by atoms with Crippen LogP contribution in [0.2, 0.25) is 0 Å². The summed E-state index contributed by atoms with van der Waals surface area (Å²) in [4.78, 5) is 26.5. The van der Waals surface area contributed by atoms with E-state index in [2.05, 4.69) is 17.4 Å². The van der Waals surface area contributed by atoms with Crippen LogP contribution in [0.3, 0.4) is 0 Å². The first kappa shape index (κ1) is 21.0. The van der Waals surface area contributed by atoms with Crippen LogP contribution in [0.25, 0.3) is 0 Å². The first-order valence-electron chi connectivity index (χ1n) is 9.28. The smallest absolute Gasteiger partial charge is 0.242 e. The summed E-state index contributed by atoms with van der Waals surface area (Å²) in [6.45, 7) is 2.33. The Morgan fingerprint density at radius 3 is 2.19 bits per heavy atom. The van der Waals surface area contributed by atoms with Crippen LogP contribution in [0.5, 0.6) is 0 Å². The highest BCUT2D eigenvalue weighted by Crippen LogP contribution is 2.14. The minimum atomic E-state index is -0.467. The second-order valence-corrected chi connectivity index (χ2v) is 7.51. The van der Waals surface area contributed by atoms with Crippen molar-refractivity contribution in [2.45, 2.75) is 31.6 Å². The molecule has 0 saturated carbocycles. The zero-order valence-corrected chi connectivity index (χ0v) is 16.9. The van der Waals surface area contributed by atoms with Gasteiger partial charge in [-0.15, -0.1) is 0 Å². The van der Waals surface area contributed by atoms with E-state index in [0.717, 1.165) is 23.5 Å². The molecule has 1 N–H and O–H groups in total. The second-order valence-electron chi connectivity index (χ2n) is 6.40. The van der Waals surface area contributed by atoms with Crippen LogP contribution in [0.1, 0.15) is 24.5 Å². The number of nitrogens with one attached hydrogen (secondary N) is 1. The van der Waals surface area contributed by atoms with Crippen molar-refractivity contribution in [1.29, 1.82) is 0 Å². The zero-order chi connectivity index (χ0) is 19.5. The number of likely N-dealkylation sites (N-methyl/N-ethyl adjacent to an activating group) is 1. The van der Waals surface area contributed by atoms with Gasteiger partial charge in [-0.25, -0.2) is 0 Å². The topological polar surface area (TPSA) is 49.4 Å². The number of hydrogen-bond donors (Lipinski definition) is 1. The first-order valence-corrected chi connectivity index (χ1v) is 10.4. The predicted molar refractivity (Wildman–Crippen MR) is 113 cm³/mol. The molecule has 2 aromatic carbocycles. The van der Waals surface area contributed by atoms with Crippen LogP contribution >= 0.6 is 11.8 Å². The maximum atomic E-state index is 12.8. The number of carbonyl (C=O) groups excluding carboxylic acids is 2. The second kappa shape index (κ2) is 11.4.